The van der Waals surface area contributed by atoms with E-state index in [0.29, 0.717) is 59.7 Å². The molecular weight excluding hydrogens is 731 g/mol. The van der Waals surface area contributed by atoms with E-state index in [1.54, 1.807) is 18.2 Å². The number of thiophene rings is 1. The van der Waals surface area contributed by atoms with Gasteiger partial charge in [-0.05, 0) is 56.5 Å². The van der Waals surface area contributed by atoms with Crippen molar-refractivity contribution in [2.24, 2.45) is 0 Å². The van der Waals surface area contributed by atoms with Gasteiger partial charge in [-0.1, -0.05) is 6.42 Å². The lowest BCUT2D eigenvalue weighted by Crippen LogP contribution is -2.32. The van der Waals surface area contributed by atoms with E-state index in [0.717, 1.165) is 17.0 Å². The number of carbonyl (C=O) groups excluding carboxylic acids is 3. The van der Waals surface area contributed by atoms with E-state index in [1.165, 1.54) is 12.1 Å². The van der Waals surface area contributed by atoms with Crippen molar-refractivity contribution in [1.82, 2.24) is 9.79 Å². The van der Waals surface area contributed by atoms with Gasteiger partial charge in [0.2, 0.25) is 10.0 Å². The Morgan fingerprint density at radius 1 is 1.00 bits per heavy atom. The molecule has 21 heteroatoms. The summed E-state index contributed by atoms with van der Waals surface area (Å²) in [4.78, 5) is 54.6. The van der Waals surface area contributed by atoms with Gasteiger partial charge in [-0.3, -0.25) is 14.1 Å². The van der Waals surface area contributed by atoms with E-state index in [2.05, 4.69) is 4.72 Å². The maximum atomic E-state index is 12.7. The second-order valence-electron chi connectivity index (χ2n) is 10.5. The number of hydrogen-bond donors (Lipinski definition) is 2. The molecule has 0 saturated carbocycles. The van der Waals surface area contributed by atoms with Crippen LogP contribution in [-0.2, 0) is 50.0 Å². The maximum absolute atomic E-state index is 12.7. The van der Waals surface area contributed by atoms with Crippen LogP contribution in [0.2, 0.25) is 0 Å². The predicted octanol–water partition coefficient (Wildman–Crippen LogP) is 2.07. The van der Waals surface area contributed by atoms with Crippen molar-refractivity contribution in [3.05, 3.63) is 46.8 Å². The average molecular weight is 764 g/mol. The molecule has 1 aliphatic rings. The summed E-state index contributed by atoms with van der Waals surface area (Å²) in [6.45, 7) is 3.10. The highest BCUT2D eigenvalue weighted by Gasteiger charge is 2.32. The number of nitrogens with zero attached hydrogens (tertiary/aromatic N) is 2. The third-order valence-electron chi connectivity index (χ3n) is 6.99. The highest BCUT2D eigenvalue weighted by atomic mass is 32.3. The van der Waals surface area contributed by atoms with Crippen LogP contribution >= 0.6 is 11.3 Å². The topological polar surface area (TPSA) is 249 Å². The quantitative estimate of drug-likeness (QED) is 0.0917. The average Bonchev–Trinajstić information content (AvgIpc) is 3.63. The molecule has 0 radical (unpaired) electrons. The lowest BCUT2D eigenvalue weighted by Gasteiger charge is -2.23. The van der Waals surface area contributed by atoms with Gasteiger partial charge in [-0.15, -0.1) is 29.0 Å². The van der Waals surface area contributed by atoms with E-state index < -0.39 is 54.2 Å². The summed E-state index contributed by atoms with van der Waals surface area (Å²) in [7, 11) is -11.0. The van der Waals surface area contributed by atoms with Crippen LogP contribution in [0.15, 0.2) is 49.8 Å². The lowest BCUT2D eigenvalue weighted by atomic mass is 10.1. The minimum Gasteiger partial charge on any atom is -0.422 e. The van der Waals surface area contributed by atoms with Crippen molar-refractivity contribution in [2.45, 2.75) is 56.1 Å². The summed E-state index contributed by atoms with van der Waals surface area (Å²) in [6, 6.07) is 9.48. The summed E-state index contributed by atoms with van der Waals surface area (Å²) < 4.78 is 90.1. The van der Waals surface area contributed by atoms with Gasteiger partial charge < -0.3 is 14.2 Å². The molecule has 0 aliphatic carbocycles. The van der Waals surface area contributed by atoms with E-state index in [-0.39, 0.29) is 41.3 Å². The minimum atomic E-state index is -4.39. The van der Waals surface area contributed by atoms with Crippen LogP contribution < -0.4 is 15.2 Å². The Morgan fingerprint density at radius 3 is 2.29 bits per heavy atom. The highest BCUT2D eigenvalue weighted by molar-refractivity contribution is 7.89. The minimum absolute atomic E-state index is 0.00251. The smallest absolute Gasteiger partial charge is 0.422 e. The maximum Gasteiger partial charge on any atom is 0.425 e. The van der Waals surface area contributed by atoms with Crippen molar-refractivity contribution < 1.29 is 57.7 Å². The van der Waals surface area contributed by atoms with Crippen LogP contribution in [0.3, 0.4) is 0 Å². The molecule has 17 nitrogen and oxygen atoms in total. The summed E-state index contributed by atoms with van der Waals surface area (Å²) in [5.74, 6) is -1.87. The molecule has 1 aliphatic heterocycles. The third kappa shape index (κ3) is 12.1. The monoisotopic (exact) mass is 763 g/mol. The summed E-state index contributed by atoms with van der Waals surface area (Å²) in [5.41, 5.74) is 0.536. The number of carbonyl (C=O) groups is 3. The third-order valence-corrected chi connectivity index (χ3v) is 10.9. The molecule has 49 heavy (non-hydrogen) atoms. The Kier molecular flexibility index (Phi) is 14.1. The number of hydrogen-bond acceptors (Lipinski definition) is 15. The number of imide groups is 1. The fourth-order valence-corrected chi connectivity index (χ4v) is 7.44. The number of hydroxylamine groups is 2. The highest BCUT2D eigenvalue weighted by Crippen LogP contribution is 2.31. The standard InChI is InChI=1S/C28H33N3O11S3.O3S/c1-2-30(15-6-16-44(36,37)29-14-5-3-4-7-26(34)42-31-24(32)11-12-25(31)33)20-9-8-19-17-21(28(35)41-22(19)18-20)23-10-13-27(43-23)45(38,39)40;1-4(2)3/h8-10,13,17-18,29H,2-7,11-12,14-16H2,1H3,(H,38,39,40);. The first-order valence-corrected chi connectivity index (χ1v) is 19.6. The molecule has 2 N–H and O–H groups in total. The van der Waals surface area contributed by atoms with Gasteiger partial charge in [-0.25, -0.2) is 22.7 Å². The molecule has 268 valence electrons. The first-order chi connectivity index (χ1) is 23.0. The molecule has 3 heterocycles. The molecule has 0 atom stereocenters. The van der Waals surface area contributed by atoms with Crippen LogP contribution in [0.1, 0.15) is 51.9 Å². The zero-order chi connectivity index (χ0) is 36.4. The summed E-state index contributed by atoms with van der Waals surface area (Å²) in [6.07, 6.45) is 1.84. The largest absolute Gasteiger partial charge is 0.425 e. The van der Waals surface area contributed by atoms with Gasteiger partial charge >= 0.3 is 32.3 Å². The van der Waals surface area contributed by atoms with Crippen molar-refractivity contribution in [2.75, 3.05) is 30.3 Å². The Labute approximate surface area is 286 Å². The fraction of sp³-hybridized carbons (Fsp3) is 0.429. The van der Waals surface area contributed by atoms with Gasteiger partial charge in [-0.2, -0.15) is 8.42 Å². The van der Waals surface area contributed by atoms with E-state index >= 15 is 0 Å². The number of rotatable bonds is 16. The van der Waals surface area contributed by atoms with Crippen LogP contribution in [-0.4, -0.2) is 82.2 Å². The molecule has 4 rings (SSSR count). The molecular formula is C28H33N3O14S4. The number of amides is 2. The Balaban J connectivity index is 0.00000154. The number of benzene rings is 1. The van der Waals surface area contributed by atoms with Gasteiger partial charge in [0.1, 0.15) is 9.79 Å². The molecule has 1 saturated heterocycles. The zero-order valence-electron chi connectivity index (χ0n) is 26.0. The van der Waals surface area contributed by atoms with Crippen LogP contribution in [0.5, 0.6) is 0 Å². The van der Waals surface area contributed by atoms with Gasteiger partial charge in [0.05, 0.1) is 11.3 Å². The predicted molar refractivity (Wildman–Crippen MR) is 175 cm³/mol. The molecule has 1 fully saturated rings. The lowest BCUT2D eigenvalue weighted by molar-refractivity contribution is -0.197. The molecule has 2 aromatic heterocycles. The van der Waals surface area contributed by atoms with Crippen molar-refractivity contribution in [1.29, 1.82) is 0 Å². The second kappa shape index (κ2) is 17.6. The van der Waals surface area contributed by atoms with Crippen molar-refractivity contribution in [3.63, 3.8) is 0 Å². The number of fused-ring (bicyclic) bond motifs is 1. The SMILES string of the molecule is CCN(CCCS(=O)(=O)NCCCCCC(=O)ON1C(=O)CCC1=O)c1ccc2cc(-c3ccc(S(=O)(=O)O)s3)c(=O)oc2c1.O=S(=O)=O. The van der Waals surface area contributed by atoms with Gasteiger partial charge in [0.15, 0.2) is 0 Å². The van der Waals surface area contributed by atoms with Crippen molar-refractivity contribution in [3.8, 4) is 10.4 Å². The molecule has 0 bridgehead atoms. The zero-order valence-corrected chi connectivity index (χ0v) is 29.3. The Morgan fingerprint density at radius 2 is 1.67 bits per heavy atom. The number of unbranched alkanes of at least 4 members (excludes halogenated alkanes) is 2. The second-order valence-corrected chi connectivity index (χ2v) is 15.5. The van der Waals surface area contributed by atoms with Crippen LogP contribution in [0.25, 0.3) is 21.4 Å². The molecule has 0 unspecified atom stereocenters. The Hall–Kier alpha value is -4.02. The number of anilines is 1. The normalized spacial score (nSPS) is 13.3. The fourth-order valence-electron chi connectivity index (χ4n) is 4.66. The van der Waals surface area contributed by atoms with E-state index in [9.17, 15) is 40.6 Å². The summed E-state index contributed by atoms with van der Waals surface area (Å²) >= 11 is 0.755. The molecule has 3 aromatic rings. The molecule has 1 aromatic carbocycles. The summed E-state index contributed by atoms with van der Waals surface area (Å²) in [5, 5.41) is 1.11. The molecule has 2 amide bonds. The van der Waals surface area contributed by atoms with Crippen LogP contribution in [0.4, 0.5) is 5.69 Å². The van der Waals surface area contributed by atoms with Crippen LogP contribution in [0, 0.1) is 0 Å². The first kappa shape index (κ1) is 39.4. The number of nitrogens with one attached hydrogen (secondary N) is 1. The molecule has 0 spiro atoms. The Bertz CT molecular complexity index is 2050. The van der Waals surface area contributed by atoms with Crippen molar-refractivity contribution >= 4 is 76.5 Å². The first-order valence-electron chi connectivity index (χ1n) is 14.7. The number of sulfonamides is 1. The van der Waals surface area contributed by atoms with E-state index in [1.807, 2.05) is 17.9 Å². The van der Waals surface area contributed by atoms with E-state index in [4.69, 9.17) is 21.9 Å². The van der Waals surface area contributed by atoms with Gasteiger partial charge in [0, 0.05) is 60.9 Å². The van der Waals surface area contributed by atoms with Gasteiger partial charge in [0.25, 0.3) is 11.8 Å².